The van der Waals surface area contributed by atoms with Crippen molar-refractivity contribution >= 4 is 17.8 Å². The van der Waals surface area contributed by atoms with Crippen LogP contribution in [0.2, 0.25) is 0 Å². The molecule has 4 saturated heterocycles. The van der Waals surface area contributed by atoms with E-state index in [0.717, 1.165) is 6.42 Å². The van der Waals surface area contributed by atoms with E-state index in [-0.39, 0.29) is 35.9 Å². The van der Waals surface area contributed by atoms with E-state index in [1.807, 2.05) is 34.6 Å². The third-order valence-corrected chi connectivity index (χ3v) is 13.8. The standard InChI is InChI=1S/C42H70N2O12/c1-9-27(38(47)48)29-14-13-15-32(52-29)34(43)36(46)25(7)35(45)28(10-2)37-23(5)22-24(6)41(55-37)21-18-33(53-39(49)44-12-4)42(56-41)20-17-31(54-42)30-16-19-40(50,11-3)26(8)51-30/h18,21,23-34,36-37,46,50H,9-17,19-20,22,43H2,1-8H3,(H,44,49)(H,47,48)/t23-,24+,25+,26-,27+,28-,29+,30+,31?,32+,33+,34+,36+,37-,40+,41-,42-/m0/s1. The number of ketones is 1. The largest absolute Gasteiger partial charge is 0.481 e. The first-order valence-corrected chi connectivity index (χ1v) is 21.4. The zero-order valence-electron chi connectivity index (χ0n) is 34.8. The van der Waals surface area contributed by atoms with Gasteiger partial charge in [0.15, 0.2) is 11.9 Å². The highest BCUT2D eigenvalue weighted by Crippen LogP contribution is 2.52. The Bertz CT molecular complexity index is 1400. The van der Waals surface area contributed by atoms with Gasteiger partial charge in [-0.1, -0.05) is 41.5 Å². The van der Waals surface area contributed by atoms with E-state index in [2.05, 4.69) is 12.2 Å². The molecular formula is C42H70N2O12. The molecule has 0 saturated carbocycles. The molecule has 0 bridgehead atoms. The van der Waals surface area contributed by atoms with Crippen molar-refractivity contribution in [3.8, 4) is 0 Å². The molecule has 14 nitrogen and oxygen atoms in total. The van der Waals surface area contributed by atoms with Crippen LogP contribution in [0.25, 0.3) is 0 Å². The molecule has 0 radical (unpaired) electrons. The first-order valence-electron chi connectivity index (χ1n) is 21.4. The number of hydrogen-bond donors (Lipinski definition) is 5. The minimum atomic E-state index is -1.40. The van der Waals surface area contributed by atoms with E-state index >= 15 is 0 Å². The van der Waals surface area contributed by atoms with E-state index < -0.39 is 83.6 Å². The lowest BCUT2D eigenvalue weighted by molar-refractivity contribution is -0.400. The summed E-state index contributed by atoms with van der Waals surface area (Å²) in [4.78, 5) is 39.1. The maximum atomic E-state index is 14.4. The van der Waals surface area contributed by atoms with Crippen molar-refractivity contribution in [2.45, 2.75) is 198 Å². The van der Waals surface area contributed by atoms with Gasteiger partial charge in [0.1, 0.15) is 5.78 Å². The van der Waals surface area contributed by atoms with Crippen LogP contribution in [0, 0.1) is 29.6 Å². The first-order chi connectivity index (χ1) is 26.5. The number of Topliss-reactive ketones (excluding diaryl/α,β-unsaturated/α-hetero) is 1. The number of carboxylic acid groups (broad SMARTS) is 1. The number of aliphatic carboxylic acids is 1. The van der Waals surface area contributed by atoms with Crippen molar-refractivity contribution in [1.82, 2.24) is 5.32 Å². The van der Waals surface area contributed by atoms with Gasteiger partial charge in [-0.3, -0.25) is 9.59 Å². The number of carbonyl (C=O) groups is 3. The smallest absolute Gasteiger partial charge is 0.407 e. The molecule has 0 aromatic rings. The minimum Gasteiger partial charge on any atom is -0.481 e. The highest BCUT2D eigenvalue weighted by molar-refractivity contribution is 5.84. The van der Waals surface area contributed by atoms with Gasteiger partial charge in [0, 0.05) is 30.7 Å². The second-order valence-electron chi connectivity index (χ2n) is 17.3. The number of nitrogens with two attached hydrogens (primary N) is 1. The monoisotopic (exact) mass is 794 g/mol. The molecule has 6 N–H and O–H groups in total. The molecule has 1 amide bonds. The lowest BCUT2D eigenvalue weighted by atomic mass is 9.73. The quantitative estimate of drug-likeness (QED) is 0.147. The Labute approximate surface area is 332 Å². The Morgan fingerprint density at radius 3 is 2.25 bits per heavy atom. The van der Waals surface area contributed by atoms with Crippen molar-refractivity contribution < 1.29 is 58.1 Å². The summed E-state index contributed by atoms with van der Waals surface area (Å²) in [6.45, 7) is 15.6. The van der Waals surface area contributed by atoms with Gasteiger partial charge in [0.05, 0.1) is 60.3 Å². The number of carbonyl (C=O) groups excluding carboxylic acids is 2. The Hall–Kier alpha value is -2.17. The van der Waals surface area contributed by atoms with Crippen LogP contribution in [0.4, 0.5) is 4.79 Å². The number of amides is 1. The van der Waals surface area contributed by atoms with Gasteiger partial charge < -0.3 is 54.8 Å². The summed E-state index contributed by atoms with van der Waals surface area (Å²) >= 11 is 0. The Morgan fingerprint density at radius 2 is 1.62 bits per heavy atom. The molecule has 5 heterocycles. The SMILES string of the molecule is CCNC(=O)O[C@@H]1C=C[C@]2(O[C@H]([C@@H](CC)C(=O)[C@@H](C)[C@@H](O)[C@H](N)[C@H]3CCC[C@H]([C@@H](CC)C(=O)O)O3)[C@@H](C)C[C@H]2C)O[C@@]12CCC([C@H]1CC[C@](O)(CC)[C@H](C)O1)O2. The van der Waals surface area contributed by atoms with Crippen molar-refractivity contribution in [3.63, 3.8) is 0 Å². The van der Waals surface area contributed by atoms with E-state index in [0.29, 0.717) is 70.8 Å². The normalized spacial score (nSPS) is 41.4. The zero-order chi connectivity index (χ0) is 41.2. The second kappa shape index (κ2) is 18.4. The second-order valence-corrected chi connectivity index (χ2v) is 17.3. The van der Waals surface area contributed by atoms with E-state index in [4.69, 9.17) is 34.2 Å². The van der Waals surface area contributed by atoms with Gasteiger partial charge in [-0.15, -0.1) is 0 Å². The molecule has 1 unspecified atom stereocenters. The topological polar surface area (TPSA) is 205 Å². The Kier molecular flexibility index (Phi) is 14.8. The fraction of sp³-hybridized carbons (Fsp3) is 0.881. The molecule has 0 aromatic carbocycles. The molecule has 5 aliphatic rings. The number of hydrogen-bond acceptors (Lipinski definition) is 12. The molecule has 5 rings (SSSR count). The maximum absolute atomic E-state index is 14.4. The summed E-state index contributed by atoms with van der Waals surface area (Å²) in [5.41, 5.74) is 5.70. The first kappa shape index (κ1) is 44.9. The number of ether oxygens (including phenoxy) is 6. The number of aliphatic hydroxyl groups is 2. The number of alkyl carbamates (subject to hydrolysis) is 1. The van der Waals surface area contributed by atoms with E-state index in [9.17, 15) is 29.7 Å². The van der Waals surface area contributed by atoms with Crippen LogP contribution < -0.4 is 11.1 Å². The average Bonchev–Trinajstić information content (AvgIpc) is 3.59. The summed E-state index contributed by atoms with van der Waals surface area (Å²) in [6.07, 6.45) is 4.29. The van der Waals surface area contributed by atoms with Crippen LogP contribution in [0.1, 0.15) is 126 Å². The number of nitrogens with one attached hydrogen (secondary N) is 1. The highest BCUT2D eigenvalue weighted by atomic mass is 16.8. The summed E-state index contributed by atoms with van der Waals surface area (Å²) in [5.74, 6) is -6.14. The van der Waals surface area contributed by atoms with Crippen molar-refractivity contribution in [3.05, 3.63) is 12.2 Å². The van der Waals surface area contributed by atoms with Crippen molar-refractivity contribution in [2.75, 3.05) is 6.54 Å². The molecule has 5 aliphatic heterocycles. The summed E-state index contributed by atoms with van der Waals surface area (Å²) in [6, 6.07) is -0.887. The van der Waals surface area contributed by atoms with Crippen molar-refractivity contribution in [2.24, 2.45) is 35.3 Å². The fourth-order valence-corrected chi connectivity index (χ4v) is 10.0. The number of aliphatic hydroxyl groups excluding tert-OH is 1. The van der Waals surface area contributed by atoms with Crippen LogP contribution in [-0.2, 0) is 38.0 Å². The van der Waals surface area contributed by atoms with Crippen LogP contribution in [0.3, 0.4) is 0 Å². The lowest BCUT2D eigenvalue weighted by Crippen LogP contribution is -2.63. The van der Waals surface area contributed by atoms with Gasteiger partial charge in [-0.2, -0.15) is 0 Å². The predicted molar refractivity (Wildman–Crippen MR) is 206 cm³/mol. The lowest BCUT2D eigenvalue weighted by Gasteiger charge is -2.54. The van der Waals surface area contributed by atoms with E-state index in [1.165, 1.54) is 0 Å². The highest BCUT2D eigenvalue weighted by Gasteiger charge is 2.61. The number of rotatable bonds is 14. The van der Waals surface area contributed by atoms with Crippen LogP contribution in [0.15, 0.2) is 12.2 Å². The molecule has 0 aromatic heterocycles. The molecule has 14 heteroatoms. The van der Waals surface area contributed by atoms with Crippen molar-refractivity contribution in [1.29, 1.82) is 0 Å². The summed E-state index contributed by atoms with van der Waals surface area (Å²) in [7, 11) is 0. The molecule has 4 fully saturated rings. The van der Waals surface area contributed by atoms with Crippen LogP contribution >= 0.6 is 0 Å². The van der Waals surface area contributed by atoms with Gasteiger partial charge in [0.25, 0.3) is 0 Å². The average molecular weight is 795 g/mol. The Morgan fingerprint density at radius 1 is 0.946 bits per heavy atom. The minimum absolute atomic E-state index is 0.0454. The molecule has 56 heavy (non-hydrogen) atoms. The molecule has 320 valence electrons. The summed E-state index contributed by atoms with van der Waals surface area (Å²) < 4.78 is 39.3. The maximum Gasteiger partial charge on any atom is 0.407 e. The fourth-order valence-electron chi connectivity index (χ4n) is 10.0. The third kappa shape index (κ3) is 9.02. The van der Waals surface area contributed by atoms with Gasteiger partial charge in [0.2, 0.25) is 5.79 Å². The van der Waals surface area contributed by atoms with Gasteiger partial charge in [-0.05, 0) is 96.1 Å². The molecule has 0 aliphatic carbocycles. The van der Waals surface area contributed by atoms with Gasteiger partial charge in [-0.25, -0.2) is 4.79 Å². The Balaban J connectivity index is 1.35. The zero-order valence-corrected chi connectivity index (χ0v) is 34.8. The molecular weight excluding hydrogens is 724 g/mol. The predicted octanol–water partition coefficient (Wildman–Crippen LogP) is 5.00. The van der Waals surface area contributed by atoms with Gasteiger partial charge >= 0.3 is 12.1 Å². The molecule has 2 spiro atoms. The summed E-state index contributed by atoms with van der Waals surface area (Å²) in [5, 5.41) is 35.0. The van der Waals surface area contributed by atoms with Crippen LogP contribution in [0.5, 0.6) is 0 Å². The van der Waals surface area contributed by atoms with E-state index in [1.54, 1.807) is 26.0 Å². The third-order valence-electron chi connectivity index (χ3n) is 13.8. The van der Waals surface area contributed by atoms with Crippen LogP contribution in [-0.4, -0.2) is 112 Å². The molecule has 17 atom stereocenters. The number of carboxylic acids is 1.